The van der Waals surface area contributed by atoms with Crippen LogP contribution in [0.3, 0.4) is 0 Å². The van der Waals surface area contributed by atoms with E-state index in [9.17, 15) is 13.2 Å². The molecule has 0 N–H and O–H groups in total. The summed E-state index contributed by atoms with van der Waals surface area (Å²) in [4.78, 5) is 0. The Hall–Kier alpha value is -0.290. The lowest BCUT2D eigenvalue weighted by Gasteiger charge is -2.20. The van der Waals surface area contributed by atoms with E-state index in [4.69, 9.17) is 0 Å². The van der Waals surface area contributed by atoms with Gasteiger partial charge in [0.2, 0.25) is 0 Å². The molecule has 2 nitrogen and oxygen atoms in total. The van der Waals surface area contributed by atoms with Crippen LogP contribution in [0.25, 0.3) is 0 Å². The van der Waals surface area contributed by atoms with Gasteiger partial charge in [-0.3, -0.25) is 4.74 Å². The summed E-state index contributed by atoms with van der Waals surface area (Å²) in [5.41, 5.74) is 0. The van der Waals surface area contributed by atoms with Crippen LogP contribution < -0.4 is 0 Å². The molecule has 0 amide bonds. The fourth-order valence-corrected chi connectivity index (χ4v) is 0.697. The van der Waals surface area contributed by atoms with Crippen molar-refractivity contribution in [2.75, 3.05) is 6.79 Å². The zero-order valence-electron chi connectivity index (χ0n) is 5.36. The highest BCUT2D eigenvalue weighted by molar-refractivity contribution is 4.79. The first-order chi connectivity index (χ1) is 4.52. The van der Waals surface area contributed by atoms with Crippen LogP contribution in [0.5, 0.6) is 0 Å². The molecule has 5 heteroatoms. The van der Waals surface area contributed by atoms with Crippen LogP contribution in [-0.4, -0.2) is 18.8 Å². The van der Waals surface area contributed by atoms with Crippen molar-refractivity contribution in [2.45, 2.75) is 25.3 Å². The van der Waals surface area contributed by atoms with Crippen LogP contribution in [0.1, 0.15) is 13.3 Å². The van der Waals surface area contributed by atoms with Gasteiger partial charge in [0, 0.05) is 6.42 Å². The molecule has 0 aliphatic carbocycles. The minimum absolute atomic E-state index is 0.417. The minimum atomic E-state index is -3.79. The van der Waals surface area contributed by atoms with Crippen molar-refractivity contribution >= 4 is 0 Å². The molecule has 0 aromatic carbocycles. The van der Waals surface area contributed by atoms with Crippen molar-refractivity contribution in [1.82, 2.24) is 0 Å². The quantitative estimate of drug-likeness (QED) is 0.574. The summed E-state index contributed by atoms with van der Waals surface area (Å²) in [5, 5.41) is 0. The second kappa shape index (κ2) is 2.10. The van der Waals surface area contributed by atoms with Crippen LogP contribution in [0.4, 0.5) is 13.2 Å². The third-order valence-corrected chi connectivity index (χ3v) is 1.42. The molecule has 1 unspecified atom stereocenters. The molecule has 1 atom stereocenters. The molecule has 60 valence electrons. The first-order valence-corrected chi connectivity index (χ1v) is 2.86. The van der Waals surface area contributed by atoms with Gasteiger partial charge < -0.3 is 4.74 Å². The summed E-state index contributed by atoms with van der Waals surface area (Å²) < 4.78 is 45.0. The van der Waals surface area contributed by atoms with Gasteiger partial charge in [0.1, 0.15) is 0 Å². The van der Waals surface area contributed by atoms with Crippen molar-refractivity contribution in [1.29, 1.82) is 0 Å². The smallest absolute Gasteiger partial charge is 0.312 e. The van der Waals surface area contributed by atoms with Crippen LogP contribution in [0.15, 0.2) is 0 Å². The van der Waals surface area contributed by atoms with Crippen LogP contribution in [-0.2, 0) is 9.47 Å². The first kappa shape index (κ1) is 7.81. The van der Waals surface area contributed by atoms with Gasteiger partial charge in [0.15, 0.2) is 6.79 Å². The van der Waals surface area contributed by atoms with Crippen molar-refractivity contribution in [3.8, 4) is 0 Å². The fraction of sp³-hybridized carbons (Fsp3) is 1.00. The number of halogens is 3. The molecule has 1 saturated heterocycles. The molecule has 1 heterocycles. The predicted octanol–water partition coefficient (Wildman–Crippen LogP) is 1.66. The maximum absolute atomic E-state index is 12.7. The van der Waals surface area contributed by atoms with Crippen molar-refractivity contribution in [3.63, 3.8) is 0 Å². The monoisotopic (exact) mass is 156 g/mol. The Morgan fingerprint density at radius 1 is 1.30 bits per heavy atom. The topological polar surface area (TPSA) is 18.5 Å². The molecule has 1 aliphatic rings. The number of rotatable bonds is 1. The molecule has 10 heavy (non-hydrogen) atoms. The number of hydrogen-bond acceptors (Lipinski definition) is 2. The highest BCUT2D eigenvalue weighted by Crippen LogP contribution is 2.41. The van der Waals surface area contributed by atoms with E-state index in [1.807, 2.05) is 0 Å². The normalized spacial score (nSPS) is 38.4. The van der Waals surface area contributed by atoms with E-state index in [2.05, 4.69) is 9.47 Å². The molecule has 1 fully saturated rings. The maximum Gasteiger partial charge on any atom is 0.416 e. The molecule has 1 rings (SSSR count). The fourth-order valence-electron chi connectivity index (χ4n) is 0.697. The molecule has 0 spiro atoms. The summed E-state index contributed by atoms with van der Waals surface area (Å²) in [6.07, 6.45) is -4.21. The Kier molecular flexibility index (Phi) is 1.64. The van der Waals surface area contributed by atoms with E-state index >= 15 is 0 Å². The van der Waals surface area contributed by atoms with E-state index in [0.29, 0.717) is 0 Å². The van der Waals surface area contributed by atoms with E-state index < -0.39 is 25.2 Å². The Morgan fingerprint density at radius 3 is 2.10 bits per heavy atom. The number of alkyl halides is 3. The van der Waals surface area contributed by atoms with Gasteiger partial charge in [0.25, 0.3) is 0 Å². The maximum atomic E-state index is 12.7. The summed E-state index contributed by atoms with van der Waals surface area (Å²) in [6.45, 7) is 0.583. The van der Waals surface area contributed by atoms with E-state index in [-0.39, 0.29) is 0 Å². The van der Waals surface area contributed by atoms with Gasteiger partial charge in [0.05, 0.1) is 0 Å². The zero-order chi connectivity index (χ0) is 7.83. The Balaban J connectivity index is 2.76. The third kappa shape index (κ3) is 0.894. The number of ether oxygens (including phenoxy) is 2. The lowest BCUT2D eigenvalue weighted by Crippen LogP contribution is -2.40. The van der Waals surface area contributed by atoms with Gasteiger partial charge in [-0.2, -0.15) is 8.78 Å². The van der Waals surface area contributed by atoms with Crippen LogP contribution in [0.2, 0.25) is 0 Å². The average molecular weight is 156 g/mol. The summed E-state index contributed by atoms with van der Waals surface area (Å²) in [6, 6.07) is 0. The van der Waals surface area contributed by atoms with Gasteiger partial charge >= 0.3 is 12.0 Å². The lowest BCUT2D eigenvalue weighted by atomic mass is 10.2. The second-order valence-corrected chi connectivity index (χ2v) is 2.01. The molecule has 1 aliphatic heterocycles. The summed E-state index contributed by atoms with van der Waals surface area (Å²) in [5.74, 6) is -2.92. The zero-order valence-corrected chi connectivity index (χ0v) is 5.36. The van der Waals surface area contributed by atoms with E-state index in [1.54, 1.807) is 0 Å². The minimum Gasteiger partial charge on any atom is -0.312 e. The molecular formula is C5H7F3O2. The molecule has 0 saturated carbocycles. The molecule has 0 aromatic heterocycles. The molecule has 0 bridgehead atoms. The van der Waals surface area contributed by atoms with Crippen LogP contribution >= 0.6 is 0 Å². The third-order valence-electron chi connectivity index (χ3n) is 1.42. The summed E-state index contributed by atoms with van der Waals surface area (Å²) >= 11 is 0. The predicted molar refractivity (Wildman–Crippen MR) is 26.1 cm³/mol. The van der Waals surface area contributed by atoms with Gasteiger partial charge in [-0.1, -0.05) is 6.92 Å². The SMILES string of the molecule is CCC1(F)OCOC1(F)F. The molecule has 0 aromatic rings. The van der Waals surface area contributed by atoms with Crippen molar-refractivity contribution < 1.29 is 22.6 Å². The van der Waals surface area contributed by atoms with Gasteiger partial charge in [-0.15, -0.1) is 0 Å². The second-order valence-electron chi connectivity index (χ2n) is 2.01. The van der Waals surface area contributed by atoms with Gasteiger partial charge in [-0.05, 0) is 0 Å². The molecular weight excluding hydrogens is 149 g/mol. The Labute approximate surface area is 55.9 Å². The lowest BCUT2D eigenvalue weighted by molar-refractivity contribution is -0.290. The van der Waals surface area contributed by atoms with Crippen molar-refractivity contribution in [2.24, 2.45) is 0 Å². The average Bonchev–Trinajstić information content (AvgIpc) is 2.10. The first-order valence-electron chi connectivity index (χ1n) is 2.86. The van der Waals surface area contributed by atoms with Crippen molar-refractivity contribution in [3.05, 3.63) is 0 Å². The largest absolute Gasteiger partial charge is 0.416 e. The Bertz CT molecular complexity index is 139. The van der Waals surface area contributed by atoms with E-state index in [1.165, 1.54) is 6.92 Å². The highest BCUT2D eigenvalue weighted by atomic mass is 19.3. The van der Waals surface area contributed by atoms with Gasteiger partial charge in [-0.25, -0.2) is 4.39 Å². The molecule has 0 radical (unpaired) electrons. The standard InChI is InChI=1S/C5H7F3O2/c1-2-4(6)5(7,8)10-3-9-4/h2-3H2,1H3. The Morgan fingerprint density at radius 2 is 1.90 bits per heavy atom. The summed E-state index contributed by atoms with van der Waals surface area (Å²) in [7, 11) is 0. The van der Waals surface area contributed by atoms with E-state index in [0.717, 1.165) is 0 Å². The number of hydrogen-bond donors (Lipinski definition) is 0. The highest BCUT2D eigenvalue weighted by Gasteiger charge is 2.61. The van der Waals surface area contributed by atoms with Crippen LogP contribution in [0, 0.1) is 0 Å².